The number of ether oxygens (including phenoxy) is 2. The molecule has 0 aliphatic rings. The summed E-state index contributed by atoms with van der Waals surface area (Å²) >= 11 is 0. The van der Waals surface area contributed by atoms with Gasteiger partial charge in [0.05, 0.1) is 12.6 Å². The Labute approximate surface area is 217 Å². The molecule has 0 spiro atoms. The number of hydrogen-bond donors (Lipinski definition) is 1. The van der Waals surface area contributed by atoms with Gasteiger partial charge in [-0.05, 0) is 30.7 Å². The number of amides is 2. The van der Waals surface area contributed by atoms with Crippen LogP contribution >= 0.6 is 0 Å². The van der Waals surface area contributed by atoms with Gasteiger partial charge in [-0.3, -0.25) is 9.59 Å². The first kappa shape index (κ1) is 31.4. The molecule has 0 heterocycles. The second-order valence-electron chi connectivity index (χ2n) is 11.3. The number of carbonyl (C=O) groups is 3. The van der Waals surface area contributed by atoms with Gasteiger partial charge in [-0.2, -0.15) is 0 Å². The second kappa shape index (κ2) is 13.0. The van der Waals surface area contributed by atoms with Gasteiger partial charge in [0.25, 0.3) is 5.91 Å². The van der Waals surface area contributed by atoms with Crippen LogP contribution in [-0.2, 0) is 29.3 Å². The Kier molecular flexibility index (Phi) is 11.4. The number of methoxy groups -OCH3 is 1. The van der Waals surface area contributed by atoms with Crippen LogP contribution in [0.4, 0.5) is 0 Å². The van der Waals surface area contributed by atoms with Crippen molar-refractivity contribution in [2.75, 3.05) is 20.8 Å². The van der Waals surface area contributed by atoms with Crippen molar-refractivity contribution < 1.29 is 23.9 Å². The third-order valence-corrected chi connectivity index (χ3v) is 6.54. The summed E-state index contributed by atoms with van der Waals surface area (Å²) in [7, 11) is 3.21. The van der Waals surface area contributed by atoms with E-state index in [1.165, 1.54) is 7.11 Å². The predicted molar refractivity (Wildman–Crippen MR) is 143 cm³/mol. The molecule has 0 bridgehead atoms. The molecule has 1 rings (SSSR count). The van der Waals surface area contributed by atoms with Crippen LogP contribution in [0.2, 0.25) is 0 Å². The summed E-state index contributed by atoms with van der Waals surface area (Å²) in [6, 6.07) is 8.54. The van der Waals surface area contributed by atoms with E-state index in [0.717, 1.165) is 5.56 Å². The Morgan fingerprint density at radius 2 is 1.61 bits per heavy atom. The monoisotopic (exact) mass is 502 g/mol. The predicted octanol–water partition coefficient (Wildman–Crippen LogP) is 4.50. The van der Waals surface area contributed by atoms with Crippen LogP contribution in [0.15, 0.2) is 42.0 Å². The minimum atomic E-state index is -0.810. The molecular weight excluding hydrogens is 456 g/mol. The topological polar surface area (TPSA) is 84.9 Å². The highest BCUT2D eigenvalue weighted by Crippen LogP contribution is 2.30. The maximum atomic E-state index is 13.8. The molecule has 3 atom stereocenters. The van der Waals surface area contributed by atoms with Crippen molar-refractivity contribution in [2.24, 2.45) is 11.3 Å². The highest BCUT2D eigenvalue weighted by Gasteiger charge is 2.42. The molecule has 0 unspecified atom stereocenters. The number of nitrogens with one attached hydrogen (secondary N) is 1. The van der Waals surface area contributed by atoms with E-state index in [1.807, 2.05) is 78.8 Å². The molecule has 1 aromatic rings. The normalized spacial score (nSPS) is 15.2. The van der Waals surface area contributed by atoms with E-state index in [1.54, 1.807) is 31.9 Å². The van der Waals surface area contributed by atoms with Gasteiger partial charge in [-0.1, -0.05) is 84.9 Å². The molecule has 7 nitrogen and oxygen atoms in total. The largest absolute Gasteiger partial charge is 0.463 e. The van der Waals surface area contributed by atoms with Gasteiger partial charge in [0, 0.05) is 25.1 Å². The molecule has 7 heteroatoms. The third kappa shape index (κ3) is 7.92. The van der Waals surface area contributed by atoms with E-state index < -0.39 is 28.9 Å². The molecule has 0 fully saturated rings. The fourth-order valence-corrected chi connectivity index (χ4v) is 4.29. The van der Waals surface area contributed by atoms with Crippen molar-refractivity contribution in [1.29, 1.82) is 0 Å². The minimum Gasteiger partial charge on any atom is -0.463 e. The van der Waals surface area contributed by atoms with Crippen molar-refractivity contribution in [3.8, 4) is 0 Å². The zero-order valence-corrected chi connectivity index (χ0v) is 24.0. The average molecular weight is 503 g/mol. The van der Waals surface area contributed by atoms with Gasteiger partial charge in [0.15, 0.2) is 0 Å². The maximum Gasteiger partial charge on any atom is 0.333 e. The van der Waals surface area contributed by atoms with Crippen molar-refractivity contribution in [3.05, 3.63) is 47.5 Å². The summed E-state index contributed by atoms with van der Waals surface area (Å²) < 4.78 is 10.8. The number of likely N-dealkylation sites (N-methyl/N-ethyl adjacent to an activating group) is 1. The Morgan fingerprint density at radius 1 is 1.06 bits per heavy atom. The van der Waals surface area contributed by atoms with E-state index >= 15 is 0 Å². The maximum absolute atomic E-state index is 13.8. The minimum absolute atomic E-state index is 0.0309. The zero-order chi connectivity index (χ0) is 27.8. The van der Waals surface area contributed by atoms with E-state index in [2.05, 4.69) is 5.32 Å². The average Bonchev–Trinajstić information content (AvgIpc) is 2.80. The Balaban J connectivity index is 3.28. The first-order chi connectivity index (χ1) is 16.6. The summed E-state index contributed by atoms with van der Waals surface area (Å²) in [4.78, 5) is 41.1. The number of benzene rings is 1. The molecule has 1 aromatic carbocycles. The van der Waals surface area contributed by atoms with E-state index in [9.17, 15) is 14.4 Å². The molecule has 0 radical (unpaired) electrons. The SMILES string of the molecule is CCOC(=O)C(C)=C[C@H](C(C)C)N(C)C(=O)[C@@H](NC(=O)[C@@H](OC)C(C)(C)c1ccccc1)C(C)(C)C. The quantitative estimate of drug-likeness (QED) is 0.356. The first-order valence-corrected chi connectivity index (χ1v) is 12.6. The van der Waals surface area contributed by atoms with Crippen molar-refractivity contribution >= 4 is 17.8 Å². The smallest absolute Gasteiger partial charge is 0.333 e. The van der Waals surface area contributed by atoms with Crippen LogP contribution in [0, 0.1) is 11.3 Å². The van der Waals surface area contributed by atoms with E-state index in [-0.39, 0.29) is 30.4 Å². The number of carbonyl (C=O) groups excluding carboxylic acids is 3. The fraction of sp³-hybridized carbons (Fsp3) is 0.621. The Bertz CT molecular complexity index is 915. The highest BCUT2D eigenvalue weighted by atomic mass is 16.5. The zero-order valence-electron chi connectivity index (χ0n) is 24.0. The van der Waals surface area contributed by atoms with Crippen LogP contribution in [0.1, 0.15) is 67.9 Å². The van der Waals surface area contributed by atoms with Crippen molar-refractivity contribution in [3.63, 3.8) is 0 Å². The summed E-state index contributed by atoms with van der Waals surface area (Å²) in [5.74, 6) is -0.971. The first-order valence-electron chi connectivity index (χ1n) is 12.6. The fourth-order valence-electron chi connectivity index (χ4n) is 4.29. The number of nitrogens with zero attached hydrogens (tertiary/aromatic N) is 1. The summed E-state index contributed by atoms with van der Waals surface area (Å²) in [6.45, 7) is 17.3. The molecule has 0 aliphatic heterocycles. The molecule has 2 amide bonds. The van der Waals surface area contributed by atoms with E-state index in [0.29, 0.717) is 5.57 Å². The van der Waals surface area contributed by atoms with Gasteiger partial charge in [-0.15, -0.1) is 0 Å². The van der Waals surface area contributed by atoms with E-state index in [4.69, 9.17) is 9.47 Å². The van der Waals surface area contributed by atoms with Gasteiger partial charge < -0.3 is 19.7 Å². The van der Waals surface area contributed by atoms with Crippen molar-refractivity contribution in [2.45, 2.75) is 85.9 Å². The lowest BCUT2D eigenvalue weighted by atomic mass is 9.78. The Morgan fingerprint density at radius 3 is 2.06 bits per heavy atom. The number of esters is 1. The molecule has 1 N–H and O–H groups in total. The standard InChI is InChI=1S/C29H46N2O5/c1-12-36-27(34)20(4)18-22(19(2)3)31(10)26(33)23(28(5,6)7)30-25(32)24(35-11)29(8,9)21-16-14-13-15-17-21/h13-19,22-24H,12H2,1-11H3,(H,30,32)/t22-,23-,24-/m1/s1. The molecule has 0 saturated heterocycles. The van der Waals surface area contributed by atoms with Gasteiger partial charge in [0.2, 0.25) is 5.91 Å². The van der Waals surface area contributed by atoms with Crippen LogP contribution in [0.25, 0.3) is 0 Å². The summed E-state index contributed by atoms with van der Waals surface area (Å²) in [5.41, 5.74) is 0.201. The molecule has 0 aliphatic carbocycles. The van der Waals surface area contributed by atoms with Crippen LogP contribution in [0.3, 0.4) is 0 Å². The molecule has 202 valence electrons. The summed E-state index contributed by atoms with van der Waals surface area (Å²) in [5, 5.41) is 2.99. The van der Waals surface area contributed by atoms with Gasteiger partial charge >= 0.3 is 5.97 Å². The molecule has 36 heavy (non-hydrogen) atoms. The molecule has 0 aromatic heterocycles. The Hall–Kier alpha value is -2.67. The third-order valence-electron chi connectivity index (χ3n) is 6.54. The highest BCUT2D eigenvalue weighted by molar-refractivity contribution is 5.91. The second-order valence-corrected chi connectivity index (χ2v) is 11.3. The summed E-state index contributed by atoms with van der Waals surface area (Å²) in [6.07, 6.45) is 0.952. The lowest BCUT2D eigenvalue weighted by Gasteiger charge is -2.39. The lowest BCUT2D eigenvalue weighted by Crippen LogP contribution is -2.59. The van der Waals surface area contributed by atoms with Gasteiger partial charge in [-0.25, -0.2) is 4.79 Å². The number of hydrogen-bond acceptors (Lipinski definition) is 5. The number of rotatable bonds is 11. The molecular formula is C29H46N2O5. The van der Waals surface area contributed by atoms with Gasteiger partial charge in [0.1, 0.15) is 12.1 Å². The van der Waals surface area contributed by atoms with Crippen molar-refractivity contribution in [1.82, 2.24) is 10.2 Å². The lowest BCUT2D eigenvalue weighted by molar-refractivity contribution is -0.144. The van der Waals surface area contributed by atoms with Crippen LogP contribution < -0.4 is 5.32 Å². The van der Waals surface area contributed by atoms with Crippen LogP contribution in [-0.4, -0.2) is 61.6 Å². The van der Waals surface area contributed by atoms with Crippen LogP contribution in [0.5, 0.6) is 0 Å². The molecule has 0 saturated carbocycles.